The Balaban J connectivity index is 1.98. The van der Waals surface area contributed by atoms with Gasteiger partial charge < -0.3 is 14.9 Å². The number of aliphatic hydroxyl groups excluding tert-OH is 1. The number of aliphatic hydroxyl groups is 1. The Bertz CT molecular complexity index is 639. The first-order valence-corrected chi connectivity index (χ1v) is 6.96. The molecule has 3 nitrogen and oxygen atoms in total. The molecule has 1 aliphatic heterocycles. The van der Waals surface area contributed by atoms with Crippen molar-refractivity contribution in [2.75, 3.05) is 0 Å². The van der Waals surface area contributed by atoms with Gasteiger partial charge in [0.1, 0.15) is 23.4 Å². The first-order chi connectivity index (χ1) is 9.52. The van der Waals surface area contributed by atoms with Gasteiger partial charge in [0, 0.05) is 22.5 Å². The minimum Gasteiger partial charge on any atom is -0.508 e. The molecule has 20 heavy (non-hydrogen) atoms. The SMILES string of the molecule is Oc1cc(F)cc(C2CC(O)c3ccc(Br)cc3O2)c1. The van der Waals surface area contributed by atoms with Gasteiger partial charge in [-0.05, 0) is 29.8 Å². The number of ether oxygens (including phenoxy) is 1. The van der Waals surface area contributed by atoms with Crippen LogP contribution in [0.5, 0.6) is 11.5 Å². The largest absolute Gasteiger partial charge is 0.508 e. The monoisotopic (exact) mass is 338 g/mol. The van der Waals surface area contributed by atoms with Crippen LogP contribution in [-0.2, 0) is 0 Å². The summed E-state index contributed by atoms with van der Waals surface area (Å²) in [5, 5.41) is 19.6. The lowest BCUT2D eigenvalue weighted by Crippen LogP contribution is -2.19. The molecule has 5 heteroatoms. The molecule has 1 aliphatic rings. The van der Waals surface area contributed by atoms with Gasteiger partial charge in [0.2, 0.25) is 0 Å². The molecule has 0 radical (unpaired) electrons. The zero-order valence-corrected chi connectivity index (χ0v) is 12.0. The van der Waals surface area contributed by atoms with E-state index in [4.69, 9.17) is 4.74 Å². The van der Waals surface area contributed by atoms with E-state index < -0.39 is 18.0 Å². The zero-order valence-electron chi connectivity index (χ0n) is 10.4. The Kier molecular flexibility index (Phi) is 3.40. The Hall–Kier alpha value is -1.59. The Morgan fingerprint density at radius 2 is 2.00 bits per heavy atom. The van der Waals surface area contributed by atoms with Gasteiger partial charge in [0.15, 0.2) is 0 Å². The summed E-state index contributed by atoms with van der Waals surface area (Å²) >= 11 is 3.35. The number of phenols is 1. The molecular weight excluding hydrogens is 327 g/mol. The molecule has 0 aromatic heterocycles. The fourth-order valence-corrected chi connectivity index (χ4v) is 2.74. The molecule has 3 rings (SSSR count). The molecule has 0 aliphatic carbocycles. The molecule has 0 fully saturated rings. The van der Waals surface area contributed by atoms with Gasteiger partial charge in [-0.15, -0.1) is 0 Å². The second-order valence-electron chi connectivity index (χ2n) is 4.78. The minimum absolute atomic E-state index is 0.155. The first-order valence-electron chi connectivity index (χ1n) is 6.16. The van der Waals surface area contributed by atoms with Crippen LogP contribution in [0.1, 0.15) is 29.8 Å². The molecule has 0 bridgehead atoms. The number of rotatable bonds is 1. The molecule has 2 aromatic carbocycles. The molecule has 0 amide bonds. The van der Waals surface area contributed by atoms with Crippen molar-refractivity contribution in [2.45, 2.75) is 18.6 Å². The van der Waals surface area contributed by atoms with Crippen LogP contribution in [0.3, 0.4) is 0 Å². The summed E-state index contributed by atoms with van der Waals surface area (Å²) < 4.78 is 20.0. The zero-order chi connectivity index (χ0) is 14.3. The number of halogens is 2. The number of phenolic OH excluding ortho intramolecular Hbond substituents is 1. The van der Waals surface area contributed by atoms with Crippen LogP contribution in [0, 0.1) is 5.82 Å². The van der Waals surface area contributed by atoms with Crippen LogP contribution >= 0.6 is 15.9 Å². The number of fused-ring (bicyclic) bond motifs is 1. The minimum atomic E-state index is -0.678. The van der Waals surface area contributed by atoms with Gasteiger partial charge in [-0.1, -0.05) is 22.0 Å². The fraction of sp³-hybridized carbons (Fsp3) is 0.200. The average molecular weight is 339 g/mol. The molecule has 104 valence electrons. The maximum atomic E-state index is 13.4. The van der Waals surface area contributed by atoms with Crippen molar-refractivity contribution in [1.29, 1.82) is 0 Å². The van der Waals surface area contributed by atoms with Gasteiger partial charge in [-0.3, -0.25) is 0 Å². The summed E-state index contributed by atoms with van der Waals surface area (Å²) in [5.74, 6) is -0.122. The van der Waals surface area contributed by atoms with Crippen LogP contribution in [0.4, 0.5) is 4.39 Å². The lowest BCUT2D eigenvalue weighted by Gasteiger charge is -2.30. The van der Waals surface area contributed by atoms with Gasteiger partial charge >= 0.3 is 0 Å². The average Bonchev–Trinajstić information content (AvgIpc) is 2.36. The number of hydrogen-bond donors (Lipinski definition) is 2. The molecule has 0 saturated heterocycles. The number of hydrogen-bond acceptors (Lipinski definition) is 3. The quantitative estimate of drug-likeness (QED) is 0.830. The van der Waals surface area contributed by atoms with E-state index in [9.17, 15) is 14.6 Å². The number of benzene rings is 2. The van der Waals surface area contributed by atoms with E-state index in [1.807, 2.05) is 6.07 Å². The highest BCUT2D eigenvalue weighted by Gasteiger charge is 2.28. The second kappa shape index (κ2) is 5.07. The fourth-order valence-electron chi connectivity index (χ4n) is 2.40. The van der Waals surface area contributed by atoms with Crippen molar-refractivity contribution < 1.29 is 19.3 Å². The van der Waals surface area contributed by atoms with E-state index in [0.29, 0.717) is 23.3 Å². The van der Waals surface area contributed by atoms with E-state index in [0.717, 1.165) is 10.5 Å². The lowest BCUT2D eigenvalue weighted by atomic mass is 9.95. The summed E-state index contributed by atoms with van der Waals surface area (Å²) in [6, 6.07) is 9.18. The summed E-state index contributed by atoms with van der Waals surface area (Å²) in [7, 11) is 0. The van der Waals surface area contributed by atoms with E-state index >= 15 is 0 Å². The topological polar surface area (TPSA) is 49.7 Å². The maximum absolute atomic E-state index is 13.4. The van der Waals surface area contributed by atoms with Crippen molar-refractivity contribution in [3.8, 4) is 11.5 Å². The molecule has 2 aromatic rings. The van der Waals surface area contributed by atoms with Gasteiger partial charge in [-0.2, -0.15) is 0 Å². The van der Waals surface area contributed by atoms with Gasteiger partial charge in [0.25, 0.3) is 0 Å². The standard InChI is InChI=1S/C15H12BrFO3/c16-9-1-2-12-13(19)7-14(20-15(12)5-9)8-3-10(17)6-11(18)4-8/h1-6,13-14,18-19H,7H2. The van der Waals surface area contributed by atoms with Crippen molar-refractivity contribution >= 4 is 15.9 Å². The van der Waals surface area contributed by atoms with E-state index in [-0.39, 0.29) is 5.75 Å². The maximum Gasteiger partial charge on any atom is 0.127 e. The molecule has 2 unspecified atom stereocenters. The molecule has 2 atom stereocenters. The molecule has 0 spiro atoms. The third-order valence-corrected chi connectivity index (χ3v) is 3.81. The van der Waals surface area contributed by atoms with Crippen molar-refractivity contribution in [1.82, 2.24) is 0 Å². The van der Waals surface area contributed by atoms with E-state index in [2.05, 4.69) is 15.9 Å². The second-order valence-corrected chi connectivity index (χ2v) is 5.70. The summed E-state index contributed by atoms with van der Waals surface area (Å²) in [4.78, 5) is 0. The van der Waals surface area contributed by atoms with Crippen molar-refractivity contribution in [2.24, 2.45) is 0 Å². The third kappa shape index (κ3) is 2.51. The van der Waals surface area contributed by atoms with Crippen LogP contribution < -0.4 is 4.74 Å². The number of aromatic hydroxyl groups is 1. The summed E-state index contributed by atoms with van der Waals surface area (Å²) in [5.41, 5.74) is 1.22. The van der Waals surface area contributed by atoms with Crippen molar-refractivity contribution in [3.05, 3.63) is 57.8 Å². The van der Waals surface area contributed by atoms with E-state index in [1.165, 1.54) is 12.1 Å². The van der Waals surface area contributed by atoms with Gasteiger partial charge in [0.05, 0.1) is 6.10 Å². The smallest absolute Gasteiger partial charge is 0.127 e. The van der Waals surface area contributed by atoms with Crippen LogP contribution in [0.15, 0.2) is 40.9 Å². The highest BCUT2D eigenvalue weighted by Crippen LogP contribution is 2.42. The predicted octanol–water partition coefficient (Wildman–Crippen LogP) is 3.85. The molecular formula is C15H12BrFO3. The van der Waals surface area contributed by atoms with Gasteiger partial charge in [-0.25, -0.2) is 4.39 Å². The molecule has 0 saturated carbocycles. The summed E-state index contributed by atoms with van der Waals surface area (Å²) in [6.07, 6.45) is -0.854. The Morgan fingerprint density at radius 3 is 2.75 bits per heavy atom. The molecule has 1 heterocycles. The highest BCUT2D eigenvalue weighted by molar-refractivity contribution is 9.10. The lowest BCUT2D eigenvalue weighted by molar-refractivity contribution is 0.0654. The molecule has 2 N–H and O–H groups in total. The first kappa shape index (κ1) is 13.4. The van der Waals surface area contributed by atoms with E-state index in [1.54, 1.807) is 12.1 Å². The predicted molar refractivity (Wildman–Crippen MR) is 75.2 cm³/mol. The summed E-state index contributed by atoms with van der Waals surface area (Å²) in [6.45, 7) is 0. The Morgan fingerprint density at radius 1 is 1.20 bits per heavy atom. The third-order valence-electron chi connectivity index (χ3n) is 3.32. The van der Waals surface area contributed by atoms with Crippen LogP contribution in [0.2, 0.25) is 0 Å². The highest BCUT2D eigenvalue weighted by atomic mass is 79.9. The Labute approximate surface area is 123 Å². The van der Waals surface area contributed by atoms with Crippen molar-refractivity contribution in [3.63, 3.8) is 0 Å². The van der Waals surface area contributed by atoms with Crippen LogP contribution in [-0.4, -0.2) is 10.2 Å². The van der Waals surface area contributed by atoms with Crippen LogP contribution in [0.25, 0.3) is 0 Å². The normalized spacial score (nSPS) is 21.1.